The van der Waals surface area contributed by atoms with Crippen LogP contribution >= 0.6 is 11.6 Å². The summed E-state index contributed by atoms with van der Waals surface area (Å²) in [6.45, 7) is 0.0539. The van der Waals surface area contributed by atoms with E-state index in [-0.39, 0.29) is 22.9 Å². The van der Waals surface area contributed by atoms with Gasteiger partial charge in [-0.2, -0.15) is 0 Å². The summed E-state index contributed by atoms with van der Waals surface area (Å²) in [5.41, 5.74) is 6.22. The zero-order chi connectivity index (χ0) is 13.1. The molecule has 1 aromatic rings. The molecule has 1 aromatic carbocycles. The van der Waals surface area contributed by atoms with Gasteiger partial charge in [0.1, 0.15) is 9.84 Å². The largest absolute Gasteiger partial charge is 0.399 e. The van der Waals surface area contributed by atoms with Gasteiger partial charge in [-0.1, -0.05) is 11.6 Å². The van der Waals surface area contributed by atoms with Gasteiger partial charge in [-0.3, -0.25) is 4.79 Å². The molecule has 0 aliphatic rings. The van der Waals surface area contributed by atoms with Gasteiger partial charge in [0.2, 0.25) is 0 Å². The predicted octanol–water partition coefficient (Wildman–Crippen LogP) is 0.697. The number of carbonyl (C=O) groups is 1. The molecular weight excluding hydrogens is 264 g/mol. The Hall–Kier alpha value is -1.27. The van der Waals surface area contributed by atoms with Gasteiger partial charge in [0.25, 0.3) is 5.91 Å². The molecule has 0 aliphatic carbocycles. The molecular formula is C10H13ClN2O3S. The molecule has 0 spiro atoms. The summed E-state index contributed by atoms with van der Waals surface area (Å²) >= 11 is 5.83. The van der Waals surface area contributed by atoms with Crippen LogP contribution in [0.2, 0.25) is 5.02 Å². The van der Waals surface area contributed by atoms with Crippen molar-refractivity contribution in [3.05, 3.63) is 28.8 Å². The molecule has 1 amide bonds. The average molecular weight is 277 g/mol. The first kappa shape index (κ1) is 13.8. The van der Waals surface area contributed by atoms with Crippen molar-refractivity contribution in [2.45, 2.75) is 0 Å². The molecule has 1 rings (SSSR count). The maximum Gasteiger partial charge on any atom is 0.252 e. The molecule has 94 valence electrons. The van der Waals surface area contributed by atoms with Crippen LogP contribution in [0.3, 0.4) is 0 Å². The highest BCUT2D eigenvalue weighted by molar-refractivity contribution is 7.90. The predicted molar refractivity (Wildman–Crippen MR) is 67.9 cm³/mol. The first-order valence-corrected chi connectivity index (χ1v) is 7.24. The van der Waals surface area contributed by atoms with Crippen molar-refractivity contribution in [3.8, 4) is 0 Å². The number of hydrogen-bond donors (Lipinski definition) is 2. The van der Waals surface area contributed by atoms with E-state index in [4.69, 9.17) is 17.3 Å². The standard InChI is InChI=1S/C10H13ClN2O3S/c1-17(15,16)5-4-13-10(14)8-3-2-7(12)6-9(8)11/h2-3,6H,4-5,12H2,1H3,(H,13,14). The zero-order valence-corrected chi connectivity index (χ0v) is 10.8. The maximum absolute atomic E-state index is 11.6. The lowest BCUT2D eigenvalue weighted by Crippen LogP contribution is -2.29. The SMILES string of the molecule is CS(=O)(=O)CCNC(=O)c1ccc(N)cc1Cl. The number of halogens is 1. The van der Waals surface area contributed by atoms with E-state index in [1.165, 1.54) is 12.1 Å². The van der Waals surface area contributed by atoms with Crippen molar-refractivity contribution in [3.63, 3.8) is 0 Å². The highest BCUT2D eigenvalue weighted by Gasteiger charge is 2.10. The summed E-state index contributed by atoms with van der Waals surface area (Å²) in [5, 5.41) is 2.71. The van der Waals surface area contributed by atoms with Crippen LogP contribution in [0.25, 0.3) is 0 Å². The molecule has 0 fully saturated rings. The Bertz CT molecular complexity index is 528. The second-order valence-corrected chi connectivity index (χ2v) is 6.29. The monoisotopic (exact) mass is 276 g/mol. The zero-order valence-electron chi connectivity index (χ0n) is 9.23. The molecule has 0 aliphatic heterocycles. The highest BCUT2D eigenvalue weighted by Crippen LogP contribution is 2.18. The first-order chi connectivity index (χ1) is 7.79. The van der Waals surface area contributed by atoms with Crippen molar-refractivity contribution in [1.82, 2.24) is 5.32 Å². The minimum absolute atomic E-state index is 0.0539. The quantitative estimate of drug-likeness (QED) is 0.792. The number of carbonyl (C=O) groups excluding carboxylic acids is 1. The molecule has 0 bridgehead atoms. The third kappa shape index (κ3) is 4.62. The summed E-state index contributed by atoms with van der Waals surface area (Å²) in [6.07, 6.45) is 1.11. The summed E-state index contributed by atoms with van der Waals surface area (Å²) in [4.78, 5) is 11.6. The van der Waals surface area contributed by atoms with Gasteiger partial charge < -0.3 is 11.1 Å². The number of rotatable bonds is 4. The normalized spacial score (nSPS) is 11.2. The maximum atomic E-state index is 11.6. The van der Waals surface area contributed by atoms with Crippen LogP contribution < -0.4 is 11.1 Å². The van der Waals surface area contributed by atoms with E-state index in [9.17, 15) is 13.2 Å². The molecule has 0 unspecified atom stereocenters. The fourth-order valence-corrected chi connectivity index (χ4v) is 1.91. The number of hydrogen-bond acceptors (Lipinski definition) is 4. The fraction of sp³-hybridized carbons (Fsp3) is 0.300. The van der Waals surface area contributed by atoms with Crippen LogP contribution in [0.5, 0.6) is 0 Å². The average Bonchev–Trinajstić information content (AvgIpc) is 2.15. The highest BCUT2D eigenvalue weighted by atomic mass is 35.5. The Morgan fingerprint density at radius 3 is 2.65 bits per heavy atom. The van der Waals surface area contributed by atoms with Gasteiger partial charge in [0, 0.05) is 18.5 Å². The third-order valence-electron chi connectivity index (χ3n) is 2.00. The van der Waals surface area contributed by atoms with E-state index in [0.717, 1.165) is 6.26 Å². The lowest BCUT2D eigenvalue weighted by molar-refractivity contribution is 0.0956. The van der Waals surface area contributed by atoms with Gasteiger partial charge in [0.05, 0.1) is 16.3 Å². The minimum Gasteiger partial charge on any atom is -0.399 e. The molecule has 5 nitrogen and oxygen atoms in total. The second-order valence-electron chi connectivity index (χ2n) is 3.63. The van der Waals surface area contributed by atoms with Crippen LogP contribution in [-0.2, 0) is 9.84 Å². The van der Waals surface area contributed by atoms with Gasteiger partial charge in [-0.15, -0.1) is 0 Å². The van der Waals surface area contributed by atoms with E-state index in [1.54, 1.807) is 6.07 Å². The van der Waals surface area contributed by atoms with E-state index >= 15 is 0 Å². The number of amides is 1. The Morgan fingerprint density at radius 1 is 1.47 bits per heavy atom. The van der Waals surface area contributed by atoms with Gasteiger partial charge in [-0.25, -0.2) is 8.42 Å². The van der Waals surface area contributed by atoms with Crippen molar-refractivity contribution < 1.29 is 13.2 Å². The lowest BCUT2D eigenvalue weighted by atomic mass is 10.2. The number of sulfone groups is 1. The summed E-state index contributed by atoms with van der Waals surface area (Å²) in [6, 6.07) is 4.51. The smallest absolute Gasteiger partial charge is 0.252 e. The van der Waals surface area contributed by atoms with E-state index in [0.29, 0.717) is 5.69 Å². The number of nitrogen functional groups attached to an aromatic ring is 1. The summed E-state index contributed by atoms with van der Waals surface area (Å²) in [7, 11) is -3.09. The van der Waals surface area contributed by atoms with Crippen molar-refractivity contribution in [2.24, 2.45) is 0 Å². The molecule has 17 heavy (non-hydrogen) atoms. The van der Waals surface area contributed by atoms with Gasteiger partial charge in [-0.05, 0) is 18.2 Å². The topological polar surface area (TPSA) is 89.3 Å². The lowest BCUT2D eigenvalue weighted by Gasteiger charge is -2.06. The Kier molecular flexibility index (Phi) is 4.36. The van der Waals surface area contributed by atoms with Crippen LogP contribution in [0, 0.1) is 0 Å². The van der Waals surface area contributed by atoms with Crippen molar-refractivity contribution in [1.29, 1.82) is 0 Å². The van der Waals surface area contributed by atoms with Gasteiger partial charge in [0.15, 0.2) is 0 Å². The molecule has 0 radical (unpaired) electrons. The van der Waals surface area contributed by atoms with Crippen LogP contribution in [0.1, 0.15) is 10.4 Å². The van der Waals surface area contributed by atoms with Gasteiger partial charge >= 0.3 is 0 Å². The number of nitrogens with one attached hydrogen (secondary N) is 1. The minimum atomic E-state index is -3.09. The molecule has 7 heteroatoms. The Balaban J connectivity index is 2.65. The number of benzene rings is 1. The molecule has 0 saturated heterocycles. The Morgan fingerprint density at radius 2 is 2.12 bits per heavy atom. The van der Waals surface area contributed by atoms with Crippen molar-refractivity contribution in [2.75, 3.05) is 24.3 Å². The molecule has 0 heterocycles. The summed E-state index contributed by atoms with van der Waals surface area (Å²) < 4.78 is 21.7. The summed E-state index contributed by atoms with van der Waals surface area (Å²) in [5.74, 6) is -0.524. The molecule has 3 N–H and O–H groups in total. The van der Waals surface area contributed by atoms with Crippen molar-refractivity contribution >= 4 is 33.0 Å². The van der Waals surface area contributed by atoms with E-state index in [1.807, 2.05) is 0 Å². The van der Waals surface area contributed by atoms with Crippen LogP contribution in [0.15, 0.2) is 18.2 Å². The fourth-order valence-electron chi connectivity index (χ4n) is 1.16. The Labute approximate surface area is 105 Å². The third-order valence-corrected chi connectivity index (χ3v) is 3.25. The van der Waals surface area contributed by atoms with E-state index < -0.39 is 15.7 Å². The van der Waals surface area contributed by atoms with Crippen LogP contribution in [-0.4, -0.2) is 32.9 Å². The van der Waals surface area contributed by atoms with Crippen LogP contribution in [0.4, 0.5) is 5.69 Å². The molecule has 0 aromatic heterocycles. The number of nitrogens with two attached hydrogens (primary N) is 1. The second kappa shape index (κ2) is 5.37. The number of anilines is 1. The molecule has 0 saturated carbocycles. The van der Waals surface area contributed by atoms with E-state index in [2.05, 4.69) is 5.32 Å². The first-order valence-electron chi connectivity index (χ1n) is 4.80. The molecule has 0 atom stereocenters.